The van der Waals surface area contributed by atoms with Gasteiger partial charge in [-0.3, -0.25) is 0 Å². The summed E-state index contributed by atoms with van der Waals surface area (Å²) in [7, 11) is 1.72. The average Bonchev–Trinajstić information content (AvgIpc) is 2.71. The molecule has 0 aromatic carbocycles. The number of amides is 2. The van der Waals surface area contributed by atoms with Crippen molar-refractivity contribution >= 4 is 12.0 Å². The van der Waals surface area contributed by atoms with E-state index >= 15 is 0 Å². The summed E-state index contributed by atoms with van der Waals surface area (Å²) in [6.07, 6.45) is 1.77. The van der Waals surface area contributed by atoms with E-state index in [4.69, 9.17) is 0 Å². The number of hydrogen-bond acceptors (Lipinski definition) is 2. The molecule has 1 unspecified atom stereocenters. The summed E-state index contributed by atoms with van der Waals surface area (Å²) >= 11 is 0. The van der Waals surface area contributed by atoms with E-state index in [0.717, 1.165) is 6.42 Å². The molecular weight excluding hydrogens is 220 g/mol. The lowest BCUT2D eigenvalue weighted by Crippen LogP contribution is -2.56. The fourth-order valence-electron chi connectivity index (χ4n) is 2.31. The van der Waals surface area contributed by atoms with Crippen LogP contribution in [0, 0.1) is 0 Å². The molecule has 0 aromatic rings. The number of carboxylic acids is 1. The van der Waals surface area contributed by atoms with Gasteiger partial charge in [-0.05, 0) is 33.1 Å². The Labute approximate surface area is 102 Å². The van der Waals surface area contributed by atoms with Gasteiger partial charge in [0.15, 0.2) is 0 Å². The zero-order valence-corrected chi connectivity index (χ0v) is 11.1. The molecule has 1 aliphatic heterocycles. The maximum absolute atomic E-state index is 12.3. The highest BCUT2D eigenvalue weighted by Crippen LogP contribution is 2.33. The molecule has 1 aliphatic rings. The second kappa shape index (κ2) is 4.94. The third-order valence-electron chi connectivity index (χ3n) is 3.78. The molecule has 0 aliphatic carbocycles. The summed E-state index contributed by atoms with van der Waals surface area (Å²) in [6, 6.07) is -0.104. The van der Waals surface area contributed by atoms with Gasteiger partial charge in [0.1, 0.15) is 5.54 Å². The molecule has 1 rings (SSSR count). The van der Waals surface area contributed by atoms with Gasteiger partial charge in [0.25, 0.3) is 0 Å². The van der Waals surface area contributed by atoms with Crippen molar-refractivity contribution in [1.82, 2.24) is 9.80 Å². The first-order valence-corrected chi connectivity index (χ1v) is 6.14. The van der Waals surface area contributed by atoms with E-state index in [1.165, 1.54) is 4.90 Å². The highest BCUT2D eigenvalue weighted by atomic mass is 16.4. The number of rotatable bonds is 3. The lowest BCUT2D eigenvalue weighted by Gasteiger charge is -2.37. The van der Waals surface area contributed by atoms with Crippen LogP contribution in [0.3, 0.4) is 0 Å². The quantitative estimate of drug-likeness (QED) is 0.820. The van der Waals surface area contributed by atoms with E-state index in [1.54, 1.807) is 11.9 Å². The highest BCUT2D eigenvalue weighted by Gasteiger charge is 2.49. The molecule has 2 amide bonds. The van der Waals surface area contributed by atoms with Crippen molar-refractivity contribution in [3.8, 4) is 0 Å². The minimum atomic E-state index is -1.000. The van der Waals surface area contributed by atoms with Crippen LogP contribution in [0.1, 0.15) is 40.0 Å². The predicted molar refractivity (Wildman–Crippen MR) is 64.9 cm³/mol. The van der Waals surface area contributed by atoms with Gasteiger partial charge in [-0.15, -0.1) is 0 Å². The number of carboxylic acid groups (broad SMARTS) is 1. The van der Waals surface area contributed by atoms with E-state index in [0.29, 0.717) is 19.4 Å². The van der Waals surface area contributed by atoms with Gasteiger partial charge in [-0.1, -0.05) is 6.92 Å². The zero-order chi connectivity index (χ0) is 13.2. The minimum absolute atomic E-state index is 0.0754. The van der Waals surface area contributed by atoms with E-state index in [9.17, 15) is 14.7 Å². The molecule has 0 spiro atoms. The van der Waals surface area contributed by atoms with E-state index in [2.05, 4.69) is 0 Å². The number of aliphatic carboxylic acids is 1. The number of carbonyl (C=O) groups is 2. The molecule has 0 aromatic heterocycles. The molecule has 0 saturated carbocycles. The first-order chi connectivity index (χ1) is 7.86. The van der Waals surface area contributed by atoms with Gasteiger partial charge in [0.2, 0.25) is 0 Å². The van der Waals surface area contributed by atoms with Crippen molar-refractivity contribution in [3.63, 3.8) is 0 Å². The summed E-state index contributed by atoms with van der Waals surface area (Å²) in [5.74, 6) is -0.886. The molecule has 5 nitrogen and oxygen atoms in total. The number of likely N-dealkylation sites (tertiary alicyclic amines) is 1. The summed E-state index contributed by atoms with van der Waals surface area (Å²) < 4.78 is 0. The van der Waals surface area contributed by atoms with Crippen LogP contribution in [-0.4, -0.2) is 52.1 Å². The minimum Gasteiger partial charge on any atom is -0.479 e. The van der Waals surface area contributed by atoms with Crippen LogP contribution >= 0.6 is 0 Å². The van der Waals surface area contributed by atoms with Crippen molar-refractivity contribution in [1.29, 1.82) is 0 Å². The normalized spacial score (nSPS) is 24.2. The first-order valence-electron chi connectivity index (χ1n) is 6.14. The van der Waals surface area contributed by atoms with Crippen LogP contribution in [0.15, 0.2) is 0 Å². The van der Waals surface area contributed by atoms with Crippen LogP contribution < -0.4 is 0 Å². The Balaban J connectivity index is 2.96. The Hall–Kier alpha value is -1.26. The zero-order valence-electron chi connectivity index (χ0n) is 11.1. The highest BCUT2D eigenvalue weighted by molar-refractivity contribution is 5.87. The monoisotopic (exact) mass is 242 g/mol. The van der Waals surface area contributed by atoms with Crippen molar-refractivity contribution in [3.05, 3.63) is 0 Å². The Kier molecular flexibility index (Phi) is 4.01. The smallest absolute Gasteiger partial charge is 0.329 e. The lowest BCUT2D eigenvalue weighted by atomic mass is 9.93. The van der Waals surface area contributed by atoms with E-state index in [-0.39, 0.29) is 12.1 Å². The lowest BCUT2D eigenvalue weighted by molar-refractivity contribution is -0.148. The van der Waals surface area contributed by atoms with E-state index < -0.39 is 11.5 Å². The van der Waals surface area contributed by atoms with Crippen molar-refractivity contribution in [2.45, 2.75) is 51.6 Å². The Morgan fingerprint density at radius 3 is 2.47 bits per heavy atom. The maximum Gasteiger partial charge on any atom is 0.329 e. The molecule has 0 bridgehead atoms. The van der Waals surface area contributed by atoms with Crippen LogP contribution in [0.5, 0.6) is 0 Å². The topological polar surface area (TPSA) is 60.9 Å². The predicted octanol–water partition coefficient (Wildman–Crippen LogP) is 1.78. The van der Waals surface area contributed by atoms with Crippen LogP contribution in [0.25, 0.3) is 0 Å². The second-order valence-corrected chi connectivity index (χ2v) is 4.93. The van der Waals surface area contributed by atoms with Gasteiger partial charge in [0, 0.05) is 19.6 Å². The molecule has 17 heavy (non-hydrogen) atoms. The fourth-order valence-corrected chi connectivity index (χ4v) is 2.31. The second-order valence-electron chi connectivity index (χ2n) is 4.93. The van der Waals surface area contributed by atoms with Crippen LogP contribution in [0.2, 0.25) is 0 Å². The number of hydrogen-bond donors (Lipinski definition) is 1. The van der Waals surface area contributed by atoms with Crippen molar-refractivity contribution in [2.24, 2.45) is 0 Å². The molecule has 1 saturated heterocycles. The SMILES string of the molecule is CCC1(C(=O)O)CCCN1C(=O)N(C)C(C)C. The number of nitrogens with zero attached hydrogens (tertiary/aromatic N) is 2. The molecule has 1 fully saturated rings. The van der Waals surface area contributed by atoms with Crippen molar-refractivity contribution in [2.75, 3.05) is 13.6 Å². The average molecular weight is 242 g/mol. The molecule has 0 radical (unpaired) electrons. The third kappa shape index (κ3) is 2.23. The van der Waals surface area contributed by atoms with Gasteiger partial charge in [-0.2, -0.15) is 0 Å². The molecule has 1 heterocycles. The fraction of sp³-hybridized carbons (Fsp3) is 0.833. The summed E-state index contributed by atoms with van der Waals surface area (Å²) in [4.78, 5) is 26.8. The molecular formula is C12H22N2O3. The van der Waals surface area contributed by atoms with Gasteiger partial charge >= 0.3 is 12.0 Å². The van der Waals surface area contributed by atoms with Crippen LogP contribution in [-0.2, 0) is 4.79 Å². The third-order valence-corrected chi connectivity index (χ3v) is 3.78. The Bertz CT molecular complexity index is 317. The van der Waals surface area contributed by atoms with Gasteiger partial charge in [0.05, 0.1) is 0 Å². The molecule has 98 valence electrons. The molecule has 5 heteroatoms. The Morgan fingerprint density at radius 1 is 1.47 bits per heavy atom. The van der Waals surface area contributed by atoms with Gasteiger partial charge in [-0.25, -0.2) is 9.59 Å². The largest absolute Gasteiger partial charge is 0.479 e. The van der Waals surface area contributed by atoms with E-state index in [1.807, 2.05) is 20.8 Å². The molecule has 1 N–H and O–H groups in total. The summed E-state index contributed by atoms with van der Waals surface area (Å²) in [5, 5.41) is 9.39. The standard InChI is InChI=1S/C12H22N2O3/c1-5-12(10(15)16)7-6-8-14(12)11(17)13(4)9(2)3/h9H,5-8H2,1-4H3,(H,15,16). The summed E-state index contributed by atoms with van der Waals surface area (Å²) in [5.41, 5.74) is -1.000. The summed E-state index contributed by atoms with van der Waals surface area (Å²) in [6.45, 7) is 6.20. The van der Waals surface area contributed by atoms with Crippen LogP contribution in [0.4, 0.5) is 4.79 Å². The number of carbonyl (C=O) groups excluding carboxylic acids is 1. The Morgan fingerprint density at radius 2 is 2.06 bits per heavy atom. The van der Waals surface area contributed by atoms with Gasteiger partial charge < -0.3 is 14.9 Å². The van der Waals surface area contributed by atoms with Crippen molar-refractivity contribution < 1.29 is 14.7 Å². The first kappa shape index (κ1) is 13.8. The number of urea groups is 1. The molecule has 1 atom stereocenters. The maximum atomic E-state index is 12.3.